The van der Waals surface area contributed by atoms with Crippen LogP contribution >= 0.6 is 0 Å². The number of hydrogen-bond acceptors (Lipinski definition) is 4. The number of rotatable bonds is 2. The van der Waals surface area contributed by atoms with Crippen LogP contribution in [0.2, 0.25) is 0 Å². The number of carbonyl (C=O) groups excluding carboxylic acids is 2. The third-order valence-electron chi connectivity index (χ3n) is 5.74. The number of imide groups is 1. The Bertz CT molecular complexity index is 923. The van der Waals surface area contributed by atoms with Crippen molar-refractivity contribution >= 4 is 28.3 Å². The third kappa shape index (κ3) is 2.81. The van der Waals surface area contributed by atoms with Crippen molar-refractivity contribution in [2.45, 2.75) is 57.7 Å². The van der Waals surface area contributed by atoms with Crippen molar-refractivity contribution in [1.82, 2.24) is 10.2 Å². The Hall–Kier alpha value is -2.40. The summed E-state index contributed by atoms with van der Waals surface area (Å²) in [5.74, 6) is -0.352. The summed E-state index contributed by atoms with van der Waals surface area (Å²) < 4.78 is 0. The molecule has 0 atom stereocenters. The van der Waals surface area contributed by atoms with E-state index in [1.165, 1.54) is 4.90 Å². The molecule has 1 saturated heterocycles. The van der Waals surface area contributed by atoms with Gasteiger partial charge in [0.15, 0.2) is 0 Å². The summed E-state index contributed by atoms with van der Waals surface area (Å²) in [5, 5.41) is 8.46. The zero-order valence-corrected chi connectivity index (χ0v) is 16.6. The summed E-state index contributed by atoms with van der Waals surface area (Å²) in [6.07, 6.45) is 1.49. The lowest BCUT2D eigenvalue weighted by Crippen LogP contribution is -2.63. The average molecular weight is 365 g/mol. The lowest BCUT2D eigenvalue weighted by Gasteiger charge is -2.49. The predicted octanol–water partition coefficient (Wildman–Crippen LogP) is 3.79. The van der Waals surface area contributed by atoms with Crippen molar-refractivity contribution in [3.8, 4) is 0 Å². The van der Waals surface area contributed by atoms with Gasteiger partial charge in [-0.1, -0.05) is 12.1 Å². The maximum absolute atomic E-state index is 13.4. The molecule has 0 aliphatic carbocycles. The minimum Gasteiger partial charge on any atom is -0.388 e. The number of nitrogens with zero attached hydrogens (tertiary/aromatic N) is 1. The smallest absolute Gasteiger partial charge is 0.261 e. The number of amides is 2. The predicted molar refractivity (Wildman–Crippen MR) is 108 cm³/mol. The van der Waals surface area contributed by atoms with Crippen LogP contribution < -0.4 is 10.6 Å². The molecule has 2 aromatic carbocycles. The molecule has 5 nitrogen and oxygen atoms in total. The van der Waals surface area contributed by atoms with E-state index in [-0.39, 0.29) is 28.9 Å². The maximum atomic E-state index is 13.4. The lowest BCUT2D eigenvalue weighted by atomic mass is 9.78. The van der Waals surface area contributed by atoms with Crippen LogP contribution in [0.5, 0.6) is 0 Å². The highest BCUT2D eigenvalue weighted by atomic mass is 16.2. The second-order valence-electron chi connectivity index (χ2n) is 9.07. The third-order valence-corrected chi connectivity index (χ3v) is 5.74. The van der Waals surface area contributed by atoms with Gasteiger partial charge < -0.3 is 10.6 Å². The molecule has 5 heteroatoms. The zero-order chi connectivity index (χ0) is 19.6. The van der Waals surface area contributed by atoms with Crippen LogP contribution in [0.15, 0.2) is 30.3 Å². The molecule has 4 rings (SSSR count). The van der Waals surface area contributed by atoms with E-state index in [0.717, 1.165) is 29.3 Å². The Morgan fingerprint density at radius 2 is 1.56 bits per heavy atom. The quantitative estimate of drug-likeness (QED) is 0.795. The molecule has 0 aromatic heterocycles. The number of benzene rings is 2. The molecule has 0 unspecified atom stereocenters. The lowest BCUT2D eigenvalue weighted by molar-refractivity contribution is 0.0370. The van der Waals surface area contributed by atoms with Crippen LogP contribution in [-0.4, -0.2) is 40.9 Å². The topological polar surface area (TPSA) is 61.4 Å². The molecule has 0 spiro atoms. The Morgan fingerprint density at radius 1 is 0.963 bits per heavy atom. The van der Waals surface area contributed by atoms with E-state index in [1.54, 1.807) is 0 Å². The van der Waals surface area contributed by atoms with Crippen molar-refractivity contribution < 1.29 is 9.59 Å². The summed E-state index contributed by atoms with van der Waals surface area (Å²) in [6.45, 7) is 8.53. The largest absolute Gasteiger partial charge is 0.388 e. The van der Waals surface area contributed by atoms with Gasteiger partial charge in [-0.25, -0.2) is 0 Å². The molecule has 2 aromatic rings. The maximum Gasteiger partial charge on any atom is 0.261 e. The van der Waals surface area contributed by atoms with Crippen LogP contribution in [0, 0.1) is 0 Å². The fourth-order valence-corrected chi connectivity index (χ4v) is 5.12. The van der Waals surface area contributed by atoms with Gasteiger partial charge in [-0.3, -0.25) is 14.5 Å². The minimum absolute atomic E-state index is 0.122. The number of nitrogens with one attached hydrogen (secondary N) is 2. The summed E-state index contributed by atoms with van der Waals surface area (Å²) in [7, 11) is 1.85. The molecule has 0 saturated carbocycles. The molecule has 0 bridgehead atoms. The summed E-state index contributed by atoms with van der Waals surface area (Å²) in [6, 6.07) is 9.33. The monoisotopic (exact) mass is 365 g/mol. The van der Waals surface area contributed by atoms with E-state index >= 15 is 0 Å². The van der Waals surface area contributed by atoms with Crippen LogP contribution in [0.25, 0.3) is 10.8 Å². The first-order valence-corrected chi connectivity index (χ1v) is 9.54. The van der Waals surface area contributed by atoms with Gasteiger partial charge in [0.1, 0.15) is 0 Å². The minimum atomic E-state index is -0.176. The van der Waals surface area contributed by atoms with Crippen LogP contribution in [-0.2, 0) is 0 Å². The molecule has 2 amide bonds. The first-order valence-electron chi connectivity index (χ1n) is 9.54. The number of anilines is 1. The highest BCUT2D eigenvalue weighted by molar-refractivity contribution is 6.26. The summed E-state index contributed by atoms with van der Waals surface area (Å²) in [4.78, 5) is 28.3. The van der Waals surface area contributed by atoms with E-state index < -0.39 is 0 Å². The second-order valence-corrected chi connectivity index (χ2v) is 9.07. The molecule has 2 aliphatic heterocycles. The normalized spacial score (nSPS) is 21.6. The van der Waals surface area contributed by atoms with Crippen molar-refractivity contribution in [1.29, 1.82) is 0 Å². The van der Waals surface area contributed by atoms with E-state index in [2.05, 4.69) is 38.3 Å². The Labute approximate surface area is 160 Å². The van der Waals surface area contributed by atoms with Gasteiger partial charge in [0.2, 0.25) is 0 Å². The van der Waals surface area contributed by atoms with Crippen molar-refractivity contribution in [3.63, 3.8) is 0 Å². The fraction of sp³-hybridized carbons (Fsp3) is 0.455. The Morgan fingerprint density at radius 3 is 2.15 bits per heavy atom. The molecule has 142 valence electrons. The molecular weight excluding hydrogens is 338 g/mol. The molecule has 27 heavy (non-hydrogen) atoms. The fourth-order valence-electron chi connectivity index (χ4n) is 5.12. The molecule has 2 heterocycles. The Kier molecular flexibility index (Phi) is 3.86. The van der Waals surface area contributed by atoms with Crippen molar-refractivity contribution in [2.75, 3.05) is 12.4 Å². The van der Waals surface area contributed by atoms with Gasteiger partial charge in [-0.15, -0.1) is 0 Å². The molecule has 2 N–H and O–H groups in total. The van der Waals surface area contributed by atoms with E-state index in [0.29, 0.717) is 11.1 Å². The van der Waals surface area contributed by atoms with Crippen molar-refractivity contribution in [2.24, 2.45) is 0 Å². The SMILES string of the molecule is CNc1ccc2c3c(cccc13)C(=O)N(C1CC(C)(C)NC(C)(C)C1)C2=O. The van der Waals surface area contributed by atoms with E-state index in [9.17, 15) is 9.59 Å². The van der Waals surface area contributed by atoms with Gasteiger partial charge in [-0.2, -0.15) is 0 Å². The van der Waals surface area contributed by atoms with Gasteiger partial charge in [0, 0.05) is 51.8 Å². The molecule has 0 radical (unpaired) electrons. The number of hydrogen-bond donors (Lipinski definition) is 2. The van der Waals surface area contributed by atoms with Gasteiger partial charge in [-0.05, 0) is 58.7 Å². The Balaban J connectivity index is 1.85. The van der Waals surface area contributed by atoms with Gasteiger partial charge in [0.25, 0.3) is 11.8 Å². The van der Waals surface area contributed by atoms with Crippen LogP contribution in [0.3, 0.4) is 0 Å². The first-order chi connectivity index (χ1) is 12.6. The highest BCUT2D eigenvalue weighted by Crippen LogP contribution is 2.38. The number of carbonyl (C=O) groups is 2. The van der Waals surface area contributed by atoms with E-state index in [4.69, 9.17) is 0 Å². The highest BCUT2D eigenvalue weighted by Gasteiger charge is 2.45. The average Bonchev–Trinajstić information content (AvgIpc) is 2.56. The number of piperidine rings is 1. The summed E-state index contributed by atoms with van der Waals surface area (Å²) in [5.41, 5.74) is 1.88. The first kappa shape index (κ1) is 18.0. The molecule has 2 aliphatic rings. The van der Waals surface area contributed by atoms with Crippen LogP contribution in [0.1, 0.15) is 61.3 Å². The van der Waals surface area contributed by atoms with Gasteiger partial charge in [0.05, 0.1) is 0 Å². The van der Waals surface area contributed by atoms with Gasteiger partial charge >= 0.3 is 0 Å². The van der Waals surface area contributed by atoms with Crippen LogP contribution in [0.4, 0.5) is 5.69 Å². The standard InChI is InChI=1S/C22H27N3O2/c1-21(2)11-13(12-22(3,4)24-21)25-19(26)15-8-6-7-14-17(23-5)10-9-16(18(14)15)20(25)27/h6-10,13,23-24H,11-12H2,1-5H3. The van der Waals surface area contributed by atoms with Crippen molar-refractivity contribution in [3.05, 3.63) is 41.5 Å². The zero-order valence-electron chi connectivity index (χ0n) is 16.6. The summed E-state index contributed by atoms with van der Waals surface area (Å²) >= 11 is 0. The molecule has 1 fully saturated rings. The van der Waals surface area contributed by atoms with E-state index in [1.807, 2.05) is 37.4 Å². The second kappa shape index (κ2) is 5.80. The molecular formula is C22H27N3O2.